The molecule has 0 aliphatic rings. The molecule has 0 radical (unpaired) electrons. The standard InChI is InChI=1S/C10H11NO3/c1-2-3-6-11-7-8-4-5-9(14-8)10(12)13/h1,4-5,11H,3,6-7H2,(H,12,13). The first-order valence-corrected chi connectivity index (χ1v) is 4.20. The molecular weight excluding hydrogens is 182 g/mol. The maximum Gasteiger partial charge on any atom is 0.371 e. The average Bonchev–Trinajstić information content (AvgIpc) is 2.61. The molecule has 0 saturated carbocycles. The Hall–Kier alpha value is -1.73. The SMILES string of the molecule is C#CCCNCc1ccc(C(=O)O)o1. The van der Waals surface area contributed by atoms with Crippen molar-refractivity contribution < 1.29 is 14.3 Å². The number of aromatic carboxylic acids is 1. The van der Waals surface area contributed by atoms with Gasteiger partial charge in [-0.1, -0.05) is 0 Å². The quantitative estimate of drug-likeness (QED) is 0.542. The van der Waals surface area contributed by atoms with Crippen molar-refractivity contribution in [3.63, 3.8) is 0 Å². The summed E-state index contributed by atoms with van der Waals surface area (Å²) in [5.41, 5.74) is 0. The Kier molecular flexibility index (Phi) is 3.77. The third-order valence-electron chi connectivity index (χ3n) is 1.62. The molecule has 0 aliphatic heterocycles. The Balaban J connectivity index is 2.37. The van der Waals surface area contributed by atoms with Gasteiger partial charge >= 0.3 is 5.97 Å². The lowest BCUT2D eigenvalue weighted by atomic mass is 10.4. The molecular formula is C10H11NO3. The zero-order chi connectivity index (χ0) is 10.4. The Bertz CT molecular complexity index is 348. The molecule has 0 amide bonds. The van der Waals surface area contributed by atoms with Gasteiger partial charge in [-0.3, -0.25) is 0 Å². The van der Waals surface area contributed by atoms with Crippen LogP contribution in [0.4, 0.5) is 0 Å². The molecule has 1 aromatic rings. The Morgan fingerprint density at radius 1 is 1.64 bits per heavy atom. The lowest BCUT2D eigenvalue weighted by Gasteiger charge is -1.97. The van der Waals surface area contributed by atoms with E-state index in [1.54, 1.807) is 6.07 Å². The van der Waals surface area contributed by atoms with Crippen molar-refractivity contribution in [1.29, 1.82) is 0 Å². The van der Waals surface area contributed by atoms with Gasteiger partial charge in [0.2, 0.25) is 5.76 Å². The van der Waals surface area contributed by atoms with Crippen LogP contribution in [0.15, 0.2) is 16.5 Å². The van der Waals surface area contributed by atoms with E-state index in [1.165, 1.54) is 6.07 Å². The summed E-state index contributed by atoms with van der Waals surface area (Å²) in [5, 5.41) is 11.6. The molecule has 4 heteroatoms. The summed E-state index contributed by atoms with van der Waals surface area (Å²) in [6, 6.07) is 3.06. The number of carboxylic acid groups (broad SMARTS) is 1. The predicted octanol–water partition coefficient (Wildman–Crippen LogP) is 1.09. The normalized spacial score (nSPS) is 9.64. The number of terminal acetylenes is 1. The van der Waals surface area contributed by atoms with Crippen LogP contribution < -0.4 is 5.32 Å². The van der Waals surface area contributed by atoms with Gasteiger partial charge in [0.15, 0.2) is 0 Å². The third kappa shape index (κ3) is 2.96. The minimum Gasteiger partial charge on any atom is -0.475 e. The van der Waals surface area contributed by atoms with Crippen molar-refractivity contribution >= 4 is 5.97 Å². The fourth-order valence-corrected chi connectivity index (χ4v) is 0.960. The van der Waals surface area contributed by atoms with E-state index >= 15 is 0 Å². The largest absolute Gasteiger partial charge is 0.475 e. The molecule has 0 aliphatic carbocycles. The summed E-state index contributed by atoms with van der Waals surface area (Å²) in [6.45, 7) is 1.19. The average molecular weight is 193 g/mol. The maximum atomic E-state index is 10.4. The summed E-state index contributed by atoms with van der Waals surface area (Å²) >= 11 is 0. The molecule has 0 fully saturated rings. The number of carbonyl (C=O) groups is 1. The van der Waals surface area contributed by atoms with Crippen molar-refractivity contribution in [1.82, 2.24) is 5.32 Å². The highest BCUT2D eigenvalue weighted by Crippen LogP contribution is 2.06. The van der Waals surface area contributed by atoms with Gasteiger partial charge in [0.25, 0.3) is 0 Å². The number of carboxylic acids is 1. The van der Waals surface area contributed by atoms with Gasteiger partial charge in [-0.25, -0.2) is 4.79 Å². The second-order valence-electron chi connectivity index (χ2n) is 2.70. The van der Waals surface area contributed by atoms with E-state index in [2.05, 4.69) is 11.2 Å². The van der Waals surface area contributed by atoms with E-state index in [0.29, 0.717) is 25.3 Å². The summed E-state index contributed by atoms with van der Waals surface area (Å²) < 4.78 is 5.01. The Labute approximate surface area is 81.9 Å². The zero-order valence-electron chi connectivity index (χ0n) is 7.62. The molecule has 14 heavy (non-hydrogen) atoms. The van der Waals surface area contributed by atoms with Crippen LogP contribution in [0, 0.1) is 12.3 Å². The van der Waals surface area contributed by atoms with Crippen LogP contribution in [0.25, 0.3) is 0 Å². The third-order valence-corrected chi connectivity index (χ3v) is 1.62. The van der Waals surface area contributed by atoms with Crippen molar-refractivity contribution in [2.24, 2.45) is 0 Å². The van der Waals surface area contributed by atoms with E-state index in [-0.39, 0.29) is 5.76 Å². The van der Waals surface area contributed by atoms with Crippen LogP contribution in [0.2, 0.25) is 0 Å². The van der Waals surface area contributed by atoms with E-state index < -0.39 is 5.97 Å². The minimum atomic E-state index is -1.06. The second kappa shape index (κ2) is 5.10. The molecule has 1 rings (SSSR count). The molecule has 0 atom stereocenters. The topological polar surface area (TPSA) is 62.5 Å². The highest BCUT2D eigenvalue weighted by atomic mass is 16.4. The fourth-order valence-electron chi connectivity index (χ4n) is 0.960. The van der Waals surface area contributed by atoms with Crippen LogP contribution in [-0.2, 0) is 6.54 Å². The monoisotopic (exact) mass is 193 g/mol. The maximum absolute atomic E-state index is 10.4. The van der Waals surface area contributed by atoms with Crippen molar-refractivity contribution in [2.45, 2.75) is 13.0 Å². The zero-order valence-corrected chi connectivity index (χ0v) is 7.62. The van der Waals surface area contributed by atoms with Crippen molar-refractivity contribution in [3.8, 4) is 12.3 Å². The van der Waals surface area contributed by atoms with Crippen molar-refractivity contribution in [2.75, 3.05) is 6.54 Å². The first-order chi connectivity index (χ1) is 6.74. The van der Waals surface area contributed by atoms with E-state index in [4.69, 9.17) is 15.9 Å². The van der Waals surface area contributed by atoms with Gasteiger partial charge in [-0.15, -0.1) is 12.3 Å². The van der Waals surface area contributed by atoms with E-state index in [0.717, 1.165) is 0 Å². The molecule has 0 saturated heterocycles. The van der Waals surface area contributed by atoms with Gasteiger partial charge in [0.1, 0.15) is 5.76 Å². The molecule has 1 aromatic heterocycles. The molecule has 0 unspecified atom stereocenters. The van der Waals surface area contributed by atoms with Crippen LogP contribution in [-0.4, -0.2) is 17.6 Å². The Morgan fingerprint density at radius 2 is 2.43 bits per heavy atom. The molecule has 2 N–H and O–H groups in total. The van der Waals surface area contributed by atoms with Crippen LogP contribution in [0.1, 0.15) is 22.7 Å². The van der Waals surface area contributed by atoms with Crippen LogP contribution in [0.5, 0.6) is 0 Å². The lowest BCUT2D eigenvalue weighted by Crippen LogP contribution is -2.13. The molecule has 0 spiro atoms. The highest BCUT2D eigenvalue weighted by molar-refractivity contribution is 5.84. The number of hydrogen-bond donors (Lipinski definition) is 2. The number of nitrogens with one attached hydrogen (secondary N) is 1. The Morgan fingerprint density at radius 3 is 3.00 bits per heavy atom. The number of hydrogen-bond acceptors (Lipinski definition) is 3. The molecule has 1 heterocycles. The van der Waals surface area contributed by atoms with Gasteiger partial charge < -0.3 is 14.8 Å². The molecule has 0 aromatic carbocycles. The second-order valence-corrected chi connectivity index (χ2v) is 2.70. The molecule has 74 valence electrons. The minimum absolute atomic E-state index is 0.0428. The van der Waals surface area contributed by atoms with Crippen LogP contribution in [0.3, 0.4) is 0 Å². The summed E-state index contributed by atoms with van der Waals surface area (Å²) in [5.74, 6) is 1.99. The first-order valence-electron chi connectivity index (χ1n) is 4.20. The predicted molar refractivity (Wildman–Crippen MR) is 50.8 cm³/mol. The van der Waals surface area contributed by atoms with Gasteiger partial charge in [0.05, 0.1) is 6.54 Å². The molecule has 4 nitrogen and oxygen atoms in total. The van der Waals surface area contributed by atoms with E-state index in [9.17, 15) is 4.79 Å². The van der Waals surface area contributed by atoms with E-state index in [1.807, 2.05) is 0 Å². The van der Waals surface area contributed by atoms with Crippen molar-refractivity contribution in [3.05, 3.63) is 23.7 Å². The fraction of sp³-hybridized carbons (Fsp3) is 0.300. The number of furan rings is 1. The van der Waals surface area contributed by atoms with Gasteiger partial charge in [-0.2, -0.15) is 0 Å². The van der Waals surface area contributed by atoms with Crippen LogP contribution >= 0.6 is 0 Å². The molecule has 0 bridgehead atoms. The summed E-state index contributed by atoms with van der Waals surface area (Å²) in [6.07, 6.45) is 5.71. The number of rotatable bonds is 5. The highest BCUT2D eigenvalue weighted by Gasteiger charge is 2.07. The van der Waals surface area contributed by atoms with Gasteiger partial charge in [-0.05, 0) is 12.1 Å². The first kappa shape index (κ1) is 10.4. The summed E-state index contributed by atoms with van der Waals surface area (Å²) in [7, 11) is 0. The smallest absolute Gasteiger partial charge is 0.371 e. The lowest BCUT2D eigenvalue weighted by molar-refractivity contribution is 0.0660. The summed E-state index contributed by atoms with van der Waals surface area (Å²) in [4.78, 5) is 10.4. The van der Waals surface area contributed by atoms with Gasteiger partial charge in [0, 0.05) is 13.0 Å².